The van der Waals surface area contributed by atoms with Crippen LogP contribution in [0, 0.1) is 6.92 Å². The van der Waals surface area contributed by atoms with Crippen molar-refractivity contribution in [2.75, 3.05) is 12.0 Å². The molecule has 2 heterocycles. The summed E-state index contributed by atoms with van der Waals surface area (Å²) in [7, 11) is 3.23. The molecule has 4 aromatic rings. The van der Waals surface area contributed by atoms with E-state index < -0.39 is 11.9 Å². The molecule has 1 saturated heterocycles. The van der Waals surface area contributed by atoms with Crippen molar-refractivity contribution in [2.45, 2.75) is 6.92 Å². The van der Waals surface area contributed by atoms with Crippen molar-refractivity contribution in [3.63, 3.8) is 0 Å². The molecule has 10 heteroatoms. The Morgan fingerprint density at radius 3 is 2.28 bits per heavy atom. The van der Waals surface area contributed by atoms with Crippen LogP contribution in [0.5, 0.6) is 11.5 Å². The van der Waals surface area contributed by atoms with Crippen LogP contribution in [0.1, 0.15) is 21.6 Å². The van der Waals surface area contributed by atoms with Crippen molar-refractivity contribution in [1.82, 2.24) is 9.36 Å². The van der Waals surface area contributed by atoms with Gasteiger partial charge in [0.25, 0.3) is 11.5 Å². The van der Waals surface area contributed by atoms with E-state index in [1.807, 2.05) is 36.4 Å². The molecule has 1 amide bonds. The minimum atomic E-state index is -0.512. The molecule has 0 bridgehead atoms. The van der Waals surface area contributed by atoms with Gasteiger partial charge in [-0.3, -0.25) is 19.2 Å². The van der Waals surface area contributed by atoms with E-state index in [-0.39, 0.29) is 21.3 Å². The van der Waals surface area contributed by atoms with Crippen LogP contribution in [0.25, 0.3) is 11.8 Å². The number of amides is 1. The molecule has 39 heavy (non-hydrogen) atoms. The SMILES string of the molecule is COc1cc(/C=C2\SC(=S)N(c3c(C)n(C)n(-c4ccccc4)c3=O)C2=O)ccc1OC(=O)c1ccccc1. The van der Waals surface area contributed by atoms with Crippen molar-refractivity contribution >= 4 is 51.9 Å². The average Bonchev–Trinajstić information content (AvgIpc) is 3.34. The summed E-state index contributed by atoms with van der Waals surface area (Å²) in [6, 6.07) is 22.8. The first-order valence-corrected chi connectivity index (χ1v) is 13.1. The average molecular weight is 558 g/mol. The minimum absolute atomic E-state index is 0.216. The highest BCUT2D eigenvalue weighted by Gasteiger charge is 2.37. The number of hydrogen-bond donors (Lipinski definition) is 0. The summed E-state index contributed by atoms with van der Waals surface area (Å²) in [6.45, 7) is 1.78. The van der Waals surface area contributed by atoms with Crippen molar-refractivity contribution in [1.29, 1.82) is 0 Å². The lowest BCUT2D eigenvalue weighted by molar-refractivity contribution is -0.113. The Morgan fingerprint density at radius 2 is 1.62 bits per heavy atom. The molecule has 0 spiro atoms. The van der Waals surface area contributed by atoms with E-state index in [1.165, 1.54) is 16.7 Å². The van der Waals surface area contributed by atoms with Gasteiger partial charge in [0.1, 0.15) is 5.69 Å². The minimum Gasteiger partial charge on any atom is -0.493 e. The predicted octanol–water partition coefficient (Wildman–Crippen LogP) is 5.12. The summed E-state index contributed by atoms with van der Waals surface area (Å²) >= 11 is 6.64. The topological polar surface area (TPSA) is 82.8 Å². The lowest BCUT2D eigenvalue weighted by Crippen LogP contribution is -2.33. The fraction of sp³-hybridized carbons (Fsp3) is 0.103. The number of methoxy groups -OCH3 is 1. The van der Waals surface area contributed by atoms with Crippen LogP contribution < -0.4 is 19.9 Å². The van der Waals surface area contributed by atoms with Gasteiger partial charge in [-0.25, -0.2) is 9.48 Å². The fourth-order valence-electron chi connectivity index (χ4n) is 4.21. The van der Waals surface area contributed by atoms with Crippen molar-refractivity contribution in [2.24, 2.45) is 7.05 Å². The standard InChI is InChI=1S/C29H23N3O5S2/c1-18-25(27(34)32(30(18)2)21-12-8-5-9-13-21)31-26(33)24(39-29(31)38)17-19-14-15-22(23(16-19)36-3)37-28(35)20-10-6-4-7-11-20/h4-17H,1-3H3/b24-17-. The van der Waals surface area contributed by atoms with Crippen LogP contribution in [0.4, 0.5) is 5.69 Å². The van der Waals surface area contributed by atoms with E-state index in [0.717, 1.165) is 11.8 Å². The zero-order valence-electron chi connectivity index (χ0n) is 21.3. The summed E-state index contributed by atoms with van der Waals surface area (Å²) in [6.07, 6.45) is 1.67. The van der Waals surface area contributed by atoms with Crippen LogP contribution in [0.3, 0.4) is 0 Å². The summed E-state index contributed by atoms with van der Waals surface area (Å²) in [5.74, 6) is -0.331. The monoisotopic (exact) mass is 557 g/mol. The van der Waals surface area contributed by atoms with Gasteiger partial charge in [-0.1, -0.05) is 66.4 Å². The molecule has 1 aromatic heterocycles. The number of anilines is 1. The molecule has 196 valence electrons. The van der Waals surface area contributed by atoms with E-state index in [1.54, 1.807) is 67.2 Å². The molecule has 3 aromatic carbocycles. The summed E-state index contributed by atoms with van der Waals surface area (Å²) in [5, 5.41) is 0. The Bertz CT molecular complexity index is 1690. The highest BCUT2D eigenvalue weighted by Crippen LogP contribution is 2.37. The maximum absolute atomic E-state index is 13.5. The van der Waals surface area contributed by atoms with Crippen LogP contribution >= 0.6 is 24.0 Å². The summed E-state index contributed by atoms with van der Waals surface area (Å²) < 4.78 is 14.4. The first-order valence-electron chi connectivity index (χ1n) is 11.9. The van der Waals surface area contributed by atoms with E-state index in [9.17, 15) is 14.4 Å². The molecule has 0 radical (unpaired) electrons. The predicted molar refractivity (Wildman–Crippen MR) is 156 cm³/mol. The first-order chi connectivity index (χ1) is 18.8. The Kier molecular flexibility index (Phi) is 7.23. The van der Waals surface area contributed by atoms with Crippen molar-refractivity contribution in [3.05, 3.63) is 111 Å². The Labute approximate surface area is 234 Å². The lowest BCUT2D eigenvalue weighted by atomic mass is 10.1. The molecule has 1 aliphatic rings. The zero-order valence-corrected chi connectivity index (χ0v) is 22.9. The maximum atomic E-state index is 13.5. The fourth-order valence-corrected chi connectivity index (χ4v) is 5.49. The van der Waals surface area contributed by atoms with E-state index in [2.05, 4.69) is 0 Å². The first kappa shape index (κ1) is 26.2. The number of rotatable bonds is 6. The number of thioether (sulfide) groups is 1. The molecule has 0 unspecified atom stereocenters. The normalized spacial score (nSPS) is 14.2. The van der Waals surface area contributed by atoms with Gasteiger partial charge < -0.3 is 9.47 Å². The van der Waals surface area contributed by atoms with Gasteiger partial charge in [-0.15, -0.1) is 0 Å². The van der Waals surface area contributed by atoms with Crippen molar-refractivity contribution in [3.8, 4) is 17.2 Å². The number of hydrogen-bond acceptors (Lipinski definition) is 7. The molecule has 0 saturated carbocycles. The molecule has 1 fully saturated rings. The Balaban J connectivity index is 1.44. The maximum Gasteiger partial charge on any atom is 0.343 e. The quantitative estimate of drug-likeness (QED) is 0.141. The third kappa shape index (κ3) is 4.91. The van der Waals surface area contributed by atoms with Gasteiger partial charge in [0.05, 0.1) is 29.0 Å². The number of para-hydroxylation sites is 1. The molecule has 5 rings (SSSR count). The van der Waals surface area contributed by atoms with Crippen LogP contribution in [0.2, 0.25) is 0 Å². The van der Waals surface area contributed by atoms with E-state index >= 15 is 0 Å². The van der Waals surface area contributed by atoms with E-state index in [4.69, 9.17) is 21.7 Å². The molecule has 8 nitrogen and oxygen atoms in total. The number of thiocarbonyl (C=S) groups is 1. The molecule has 0 aliphatic carbocycles. The number of nitrogens with zero attached hydrogens (tertiary/aromatic N) is 3. The lowest BCUT2D eigenvalue weighted by Gasteiger charge is -2.12. The van der Waals surface area contributed by atoms with Gasteiger partial charge in [0.15, 0.2) is 15.8 Å². The number of ether oxygens (including phenoxy) is 2. The summed E-state index contributed by atoms with van der Waals surface area (Å²) in [4.78, 5) is 41.1. The number of carbonyl (C=O) groups is 2. The molecule has 1 aliphatic heterocycles. The third-order valence-electron chi connectivity index (χ3n) is 6.24. The second-order valence-electron chi connectivity index (χ2n) is 8.59. The molecular weight excluding hydrogens is 534 g/mol. The highest BCUT2D eigenvalue weighted by atomic mass is 32.2. The van der Waals surface area contributed by atoms with Gasteiger partial charge in [-0.2, -0.15) is 0 Å². The molecule has 0 N–H and O–H groups in total. The second kappa shape index (κ2) is 10.8. The van der Waals surface area contributed by atoms with Crippen LogP contribution in [0.15, 0.2) is 88.6 Å². The zero-order chi connectivity index (χ0) is 27.7. The number of aromatic nitrogens is 2. The molecule has 0 atom stereocenters. The molecular formula is C29H23N3O5S2. The van der Waals surface area contributed by atoms with Gasteiger partial charge in [0, 0.05) is 7.05 Å². The van der Waals surface area contributed by atoms with Crippen LogP contribution in [-0.4, -0.2) is 32.7 Å². The number of benzene rings is 3. The Hall–Kier alpha value is -4.41. The van der Waals surface area contributed by atoms with Gasteiger partial charge >= 0.3 is 5.97 Å². The third-order valence-corrected chi connectivity index (χ3v) is 7.54. The highest BCUT2D eigenvalue weighted by molar-refractivity contribution is 8.27. The summed E-state index contributed by atoms with van der Waals surface area (Å²) in [5.41, 5.74) is 2.21. The van der Waals surface area contributed by atoms with Crippen molar-refractivity contribution < 1.29 is 19.1 Å². The number of carbonyl (C=O) groups excluding carboxylic acids is 2. The van der Waals surface area contributed by atoms with Crippen LogP contribution in [-0.2, 0) is 11.8 Å². The van der Waals surface area contributed by atoms with Gasteiger partial charge in [-0.05, 0) is 55.0 Å². The Morgan fingerprint density at radius 1 is 0.949 bits per heavy atom. The smallest absolute Gasteiger partial charge is 0.343 e. The van der Waals surface area contributed by atoms with E-state index in [0.29, 0.717) is 33.2 Å². The number of esters is 1. The second-order valence-corrected chi connectivity index (χ2v) is 10.3. The van der Waals surface area contributed by atoms with Gasteiger partial charge in [0.2, 0.25) is 0 Å². The largest absolute Gasteiger partial charge is 0.493 e.